The standard InChI is InChI=1S/C25H16F6N4O/c26-24(27,28)17-11-7-15(8-12-17)19(16-9-13-18(14-10-16)25(29,30)31)3-1-6-22(36)32-20-4-2-5-21-23(20)34-35-33-21/h1-14H,(H,32,36)(H,33,34,35)/b6-1+. The summed E-state index contributed by atoms with van der Waals surface area (Å²) < 4.78 is 77.8. The maximum atomic E-state index is 13.0. The van der Waals surface area contributed by atoms with Crippen molar-refractivity contribution in [3.63, 3.8) is 0 Å². The molecule has 0 aliphatic heterocycles. The van der Waals surface area contributed by atoms with Crippen LogP contribution in [0.2, 0.25) is 0 Å². The first-order valence-corrected chi connectivity index (χ1v) is 10.4. The number of halogens is 6. The van der Waals surface area contributed by atoms with E-state index in [1.54, 1.807) is 18.2 Å². The van der Waals surface area contributed by atoms with E-state index < -0.39 is 29.4 Å². The van der Waals surface area contributed by atoms with Crippen LogP contribution in [0.25, 0.3) is 16.6 Å². The van der Waals surface area contributed by atoms with Crippen molar-refractivity contribution < 1.29 is 31.1 Å². The monoisotopic (exact) mass is 502 g/mol. The van der Waals surface area contributed by atoms with E-state index in [4.69, 9.17) is 0 Å². The summed E-state index contributed by atoms with van der Waals surface area (Å²) in [6.07, 6.45) is -5.12. The maximum absolute atomic E-state index is 13.0. The Labute approximate surface area is 200 Å². The Morgan fingerprint density at radius 2 is 1.33 bits per heavy atom. The number of nitrogens with one attached hydrogen (secondary N) is 2. The number of rotatable bonds is 5. The van der Waals surface area contributed by atoms with Crippen molar-refractivity contribution >= 4 is 28.2 Å². The van der Waals surface area contributed by atoms with Crippen LogP contribution in [0.4, 0.5) is 32.0 Å². The van der Waals surface area contributed by atoms with Gasteiger partial charge in [0, 0.05) is 6.08 Å². The number of allylic oxidation sites excluding steroid dienone is 2. The predicted molar refractivity (Wildman–Crippen MR) is 122 cm³/mol. The van der Waals surface area contributed by atoms with Crippen LogP contribution < -0.4 is 5.32 Å². The molecule has 2 N–H and O–H groups in total. The van der Waals surface area contributed by atoms with Crippen LogP contribution >= 0.6 is 0 Å². The molecule has 0 atom stereocenters. The van der Waals surface area contributed by atoms with Crippen LogP contribution in [-0.4, -0.2) is 21.3 Å². The number of amides is 1. The summed E-state index contributed by atoms with van der Waals surface area (Å²) in [6.45, 7) is 0. The fraction of sp³-hybridized carbons (Fsp3) is 0.0800. The van der Waals surface area contributed by atoms with Crippen LogP contribution in [0.3, 0.4) is 0 Å². The molecule has 0 saturated heterocycles. The first-order valence-electron chi connectivity index (χ1n) is 10.4. The lowest BCUT2D eigenvalue weighted by Gasteiger charge is -2.12. The lowest BCUT2D eigenvalue weighted by Crippen LogP contribution is -2.08. The summed E-state index contributed by atoms with van der Waals surface area (Å²) in [5.74, 6) is -0.527. The number of aromatic amines is 1. The van der Waals surface area contributed by atoms with Gasteiger partial charge in [-0.1, -0.05) is 42.5 Å². The topological polar surface area (TPSA) is 70.7 Å². The van der Waals surface area contributed by atoms with Gasteiger partial charge in [-0.05, 0) is 53.1 Å². The molecule has 11 heteroatoms. The molecule has 4 aromatic rings. The third-order valence-electron chi connectivity index (χ3n) is 5.16. The van der Waals surface area contributed by atoms with E-state index in [-0.39, 0.29) is 0 Å². The van der Waals surface area contributed by atoms with Crippen LogP contribution in [0.5, 0.6) is 0 Å². The van der Waals surface area contributed by atoms with Gasteiger partial charge in [0.1, 0.15) is 11.0 Å². The Morgan fingerprint density at radius 1 is 0.778 bits per heavy atom. The van der Waals surface area contributed by atoms with Gasteiger partial charge in [-0.15, -0.1) is 0 Å². The number of anilines is 1. The molecule has 0 unspecified atom stereocenters. The molecular weight excluding hydrogens is 486 g/mol. The molecule has 5 nitrogen and oxygen atoms in total. The number of hydrogen-bond donors (Lipinski definition) is 2. The number of hydrogen-bond acceptors (Lipinski definition) is 3. The highest BCUT2D eigenvalue weighted by atomic mass is 19.4. The zero-order valence-corrected chi connectivity index (χ0v) is 18.2. The van der Waals surface area contributed by atoms with Crippen LogP contribution in [0.1, 0.15) is 22.3 Å². The van der Waals surface area contributed by atoms with Gasteiger partial charge in [-0.2, -0.15) is 41.8 Å². The molecule has 0 bridgehead atoms. The minimum absolute atomic E-state index is 0.320. The highest BCUT2D eigenvalue weighted by molar-refractivity contribution is 6.04. The summed E-state index contributed by atoms with van der Waals surface area (Å²) in [5, 5.41) is 13.0. The van der Waals surface area contributed by atoms with Crippen molar-refractivity contribution in [1.29, 1.82) is 0 Å². The second kappa shape index (κ2) is 9.68. The summed E-state index contributed by atoms with van der Waals surface area (Å²) >= 11 is 0. The lowest BCUT2D eigenvalue weighted by atomic mass is 9.95. The first kappa shape index (κ1) is 24.7. The van der Waals surface area contributed by atoms with Crippen LogP contribution in [0, 0.1) is 0 Å². The van der Waals surface area contributed by atoms with Gasteiger partial charge in [0.15, 0.2) is 0 Å². The van der Waals surface area contributed by atoms with E-state index in [1.165, 1.54) is 42.5 Å². The molecule has 36 heavy (non-hydrogen) atoms. The zero-order valence-electron chi connectivity index (χ0n) is 18.2. The molecule has 0 fully saturated rings. The van der Waals surface area contributed by atoms with Crippen molar-refractivity contribution in [2.45, 2.75) is 12.4 Å². The fourth-order valence-electron chi connectivity index (χ4n) is 3.41. The Morgan fingerprint density at radius 3 is 1.86 bits per heavy atom. The highest BCUT2D eigenvalue weighted by Gasteiger charge is 2.31. The summed E-state index contributed by atoms with van der Waals surface area (Å²) in [6, 6.07) is 13.4. The molecule has 1 aromatic heterocycles. The second-order valence-corrected chi connectivity index (χ2v) is 7.58. The third-order valence-corrected chi connectivity index (χ3v) is 5.16. The van der Waals surface area contributed by atoms with E-state index in [0.29, 0.717) is 33.4 Å². The van der Waals surface area contributed by atoms with E-state index in [2.05, 4.69) is 20.7 Å². The van der Waals surface area contributed by atoms with Crippen molar-refractivity contribution in [1.82, 2.24) is 15.4 Å². The number of aromatic nitrogens is 3. The molecule has 0 radical (unpaired) electrons. The van der Waals surface area contributed by atoms with Gasteiger partial charge in [0.25, 0.3) is 0 Å². The second-order valence-electron chi connectivity index (χ2n) is 7.58. The normalized spacial score (nSPS) is 12.2. The largest absolute Gasteiger partial charge is 0.416 e. The van der Waals surface area contributed by atoms with Crippen molar-refractivity contribution in [2.75, 3.05) is 5.32 Å². The minimum atomic E-state index is -4.54. The van der Waals surface area contributed by atoms with E-state index in [1.807, 2.05) is 0 Å². The Hall–Kier alpha value is -4.41. The first-order chi connectivity index (χ1) is 17.0. The average molecular weight is 502 g/mol. The molecule has 184 valence electrons. The van der Waals surface area contributed by atoms with E-state index in [0.717, 1.165) is 24.3 Å². The molecule has 1 heterocycles. The summed E-state index contributed by atoms with van der Waals surface area (Å²) in [4.78, 5) is 12.4. The number of H-pyrrole nitrogens is 1. The number of carbonyl (C=O) groups excluding carboxylic acids is 1. The molecule has 0 aliphatic carbocycles. The number of para-hydroxylation sites is 1. The quantitative estimate of drug-likeness (QED) is 0.183. The Bertz CT molecular complexity index is 1370. The highest BCUT2D eigenvalue weighted by Crippen LogP contribution is 2.33. The lowest BCUT2D eigenvalue weighted by molar-refractivity contribution is -0.138. The molecule has 1 amide bonds. The van der Waals surface area contributed by atoms with Gasteiger partial charge in [0.2, 0.25) is 5.91 Å². The van der Waals surface area contributed by atoms with Crippen molar-refractivity contribution in [3.8, 4) is 0 Å². The van der Waals surface area contributed by atoms with Gasteiger partial charge in [-0.3, -0.25) is 4.79 Å². The number of benzene rings is 3. The Balaban J connectivity index is 1.63. The maximum Gasteiger partial charge on any atom is 0.416 e. The molecule has 0 aliphatic rings. The number of fused-ring (bicyclic) bond motifs is 1. The van der Waals surface area contributed by atoms with Crippen LogP contribution in [-0.2, 0) is 17.1 Å². The average Bonchev–Trinajstić information content (AvgIpc) is 3.31. The van der Waals surface area contributed by atoms with Gasteiger partial charge in [-0.25, -0.2) is 0 Å². The predicted octanol–water partition coefficient (Wildman–Crippen LogP) is 6.62. The SMILES string of the molecule is O=C(/C=C/C=C(c1ccc(C(F)(F)F)cc1)c1ccc(C(F)(F)F)cc1)Nc1cccc2n[nH]nc12. The molecule has 0 saturated carbocycles. The third kappa shape index (κ3) is 5.62. The number of alkyl halides is 6. The zero-order chi connectivity index (χ0) is 25.9. The summed E-state index contributed by atoms with van der Waals surface area (Å²) in [5.41, 5.74) is 0.629. The molecular formula is C25H16F6N4O. The summed E-state index contributed by atoms with van der Waals surface area (Å²) in [7, 11) is 0. The number of carbonyl (C=O) groups is 1. The van der Waals surface area contributed by atoms with Crippen molar-refractivity contribution in [2.24, 2.45) is 0 Å². The van der Waals surface area contributed by atoms with Gasteiger partial charge >= 0.3 is 12.4 Å². The van der Waals surface area contributed by atoms with Gasteiger partial charge in [0.05, 0.1) is 16.8 Å². The minimum Gasteiger partial charge on any atom is -0.320 e. The van der Waals surface area contributed by atoms with Crippen molar-refractivity contribution in [3.05, 3.63) is 107 Å². The van der Waals surface area contributed by atoms with E-state index in [9.17, 15) is 31.1 Å². The fourth-order valence-corrected chi connectivity index (χ4v) is 3.41. The molecule has 3 aromatic carbocycles. The Kier molecular flexibility index (Phi) is 6.65. The smallest absolute Gasteiger partial charge is 0.320 e. The molecule has 4 rings (SSSR count). The van der Waals surface area contributed by atoms with Crippen LogP contribution in [0.15, 0.2) is 85.0 Å². The van der Waals surface area contributed by atoms with Gasteiger partial charge < -0.3 is 5.32 Å². The molecule has 0 spiro atoms. The number of nitrogens with zero attached hydrogens (tertiary/aromatic N) is 2. The van der Waals surface area contributed by atoms with E-state index >= 15 is 0 Å².